The van der Waals surface area contributed by atoms with E-state index >= 15 is 0 Å². The van der Waals surface area contributed by atoms with Crippen LogP contribution in [-0.2, 0) is 4.79 Å². The van der Waals surface area contributed by atoms with Gasteiger partial charge < -0.3 is 10.6 Å². The quantitative estimate of drug-likeness (QED) is 0.656. The summed E-state index contributed by atoms with van der Waals surface area (Å²) in [5, 5.41) is 0. The lowest BCUT2D eigenvalue weighted by atomic mass is 10.3. The van der Waals surface area contributed by atoms with Crippen LogP contribution in [0.4, 0.5) is 8.78 Å². The first-order valence-electron chi connectivity index (χ1n) is 3.91. The fourth-order valence-corrected chi connectivity index (χ4v) is 1.27. The van der Waals surface area contributed by atoms with Crippen molar-refractivity contribution in [2.24, 2.45) is 5.73 Å². The maximum Gasteiger partial charge on any atom is 0.247 e. The predicted molar refractivity (Wildman–Crippen MR) is 39.8 cm³/mol. The first kappa shape index (κ1) is 9.38. The lowest BCUT2D eigenvalue weighted by molar-refractivity contribution is -0.132. The number of amides is 1. The van der Waals surface area contributed by atoms with Gasteiger partial charge >= 0.3 is 0 Å². The summed E-state index contributed by atoms with van der Waals surface area (Å²) in [6, 6.07) is -0.0355. The second-order valence-corrected chi connectivity index (χ2v) is 2.98. The number of carbonyl (C=O) groups is 1. The Labute approximate surface area is 69.5 Å². The van der Waals surface area contributed by atoms with Gasteiger partial charge in [-0.1, -0.05) is 0 Å². The summed E-state index contributed by atoms with van der Waals surface area (Å²) in [6.45, 7) is 0.943. The molecule has 0 saturated carbocycles. The summed E-state index contributed by atoms with van der Waals surface area (Å²) in [5.41, 5.74) is 5.51. The third-order valence-electron chi connectivity index (χ3n) is 1.91. The number of nitrogens with zero attached hydrogens (tertiary/aromatic N) is 1. The van der Waals surface area contributed by atoms with Crippen molar-refractivity contribution in [3.05, 3.63) is 0 Å². The fraction of sp³-hybridized carbons (Fsp3) is 0.857. The van der Waals surface area contributed by atoms with Crippen LogP contribution in [0.5, 0.6) is 0 Å². The predicted octanol–water partition coefficient (Wildman–Crippen LogP) is 0.201. The molecule has 0 aromatic carbocycles. The molecule has 0 aromatic rings. The van der Waals surface area contributed by atoms with Gasteiger partial charge in [-0.05, 0) is 6.42 Å². The van der Waals surface area contributed by atoms with Crippen molar-refractivity contribution in [1.29, 1.82) is 0 Å². The second-order valence-electron chi connectivity index (χ2n) is 2.98. The van der Waals surface area contributed by atoms with Crippen LogP contribution in [0.25, 0.3) is 0 Å². The van der Waals surface area contributed by atoms with Gasteiger partial charge in [-0.25, -0.2) is 8.78 Å². The summed E-state index contributed by atoms with van der Waals surface area (Å²) in [5.74, 6) is -0.488. The monoisotopic (exact) mass is 178 g/mol. The summed E-state index contributed by atoms with van der Waals surface area (Å²) < 4.78 is 23.5. The number of hydrogen-bond acceptors (Lipinski definition) is 2. The standard InChI is InChI=1S/C7H12F2N2O/c8-6(9)3-7(12)11-2-1-5(10)4-11/h5-6H,1-4,10H2. The topological polar surface area (TPSA) is 46.3 Å². The van der Waals surface area contributed by atoms with E-state index in [1.165, 1.54) is 4.90 Å². The van der Waals surface area contributed by atoms with Gasteiger partial charge in [-0.3, -0.25) is 4.79 Å². The molecule has 1 aliphatic rings. The molecule has 0 aromatic heterocycles. The molecule has 0 bridgehead atoms. The molecule has 0 radical (unpaired) electrons. The molecule has 0 spiro atoms. The van der Waals surface area contributed by atoms with Crippen LogP contribution < -0.4 is 5.73 Å². The summed E-state index contributed by atoms with van der Waals surface area (Å²) in [4.78, 5) is 12.4. The molecule has 1 amide bonds. The Morgan fingerprint density at radius 1 is 1.67 bits per heavy atom. The van der Waals surface area contributed by atoms with E-state index in [9.17, 15) is 13.6 Å². The Hall–Kier alpha value is -0.710. The molecular formula is C7H12F2N2O. The molecule has 5 heteroatoms. The molecule has 1 atom stereocenters. The number of nitrogens with two attached hydrogens (primary N) is 1. The van der Waals surface area contributed by atoms with Crippen LogP contribution in [0.15, 0.2) is 0 Å². The molecule has 1 heterocycles. The zero-order valence-corrected chi connectivity index (χ0v) is 6.67. The minimum Gasteiger partial charge on any atom is -0.341 e. The van der Waals surface area contributed by atoms with Gasteiger partial charge in [0.1, 0.15) is 0 Å². The molecule has 1 rings (SSSR count). The highest BCUT2D eigenvalue weighted by Crippen LogP contribution is 2.10. The van der Waals surface area contributed by atoms with Crippen molar-refractivity contribution in [3.8, 4) is 0 Å². The zero-order valence-electron chi connectivity index (χ0n) is 6.67. The largest absolute Gasteiger partial charge is 0.341 e. The average molecular weight is 178 g/mol. The number of likely N-dealkylation sites (tertiary alicyclic amines) is 1. The number of rotatable bonds is 2. The van der Waals surface area contributed by atoms with Gasteiger partial charge in [0.15, 0.2) is 0 Å². The van der Waals surface area contributed by atoms with Crippen molar-refractivity contribution in [3.63, 3.8) is 0 Å². The van der Waals surface area contributed by atoms with Crippen molar-refractivity contribution in [2.45, 2.75) is 25.3 Å². The maximum atomic E-state index is 11.8. The molecular weight excluding hydrogens is 166 g/mol. The maximum absolute atomic E-state index is 11.8. The number of carbonyl (C=O) groups excluding carboxylic acids is 1. The summed E-state index contributed by atoms with van der Waals surface area (Å²) in [7, 11) is 0. The number of halogens is 2. The van der Waals surface area contributed by atoms with Crippen LogP contribution in [0.3, 0.4) is 0 Å². The van der Waals surface area contributed by atoms with Crippen molar-refractivity contribution < 1.29 is 13.6 Å². The number of alkyl halides is 2. The zero-order chi connectivity index (χ0) is 9.14. The van der Waals surface area contributed by atoms with Crippen LogP contribution in [0.1, 0.15) is 12.8 Å². The lowest BCUT2D eigenvalue weighted by Gasteiger charge is -2.14. The molecule has 2 N–H and O–H groups in total. The average Bonchev–Trinajstić information content (AvgIpc) is 2.34. The second kappa shape index (κ2) is 3.80. The summed E-state index contributed by atoms with van der Waals surface area (Å²) >= 11 is 0. The highest BCUT2D eigenvalue weighted by Gasteiger charge is 2.25. The van der Waals surface area contributed by atoms with Crippen molar-refractivity contribution in [2.75, 3.05) is 13.1 Å². The fourth-order valence-electron chi connectivity index (χ4n) is 1.27. The number of hydrogen-bond donors (Lipinski definition) is 1. The van der Waals surface area contributed by atoms with E-state index in [4.69, 9.17) is 5.73 Å². The van der Waals surface area contributed by atoms with Crippen LogP contribution >= 0.6 is 0 Å². The summed E-state index contributed by atoms with van der Waals surface area (Å²) in [6.07, 6.45) is -2.50. The first-order valence-corrected chi connectivity index (χ1v) is 3.91. The minimum absolute atomic E-state index is 0.0355. The Morgan fingerprint density at radius 2 is 2.33 bits per heavy atom. The third-order valence-corrected chi connectivity index (χ3v) is 1.91. The van der Waals surface area contributed by atoms with E-state index in [0.29, 0.717) is 13.1 Å². The highest BCUT2D eigenvalue weighted by molar-refractivity contribution is 5.76. The normalized spacial score (nSPS) is 23.7. The van der Waals surface area contributed by atoms with E-state index in [1.807, 2.05) is 0 Å². The Kier molecular flexibility index (Phi) is 2.97. The molecule has 1 unspecified atom stereocenters. The van der Waals surface area contributed by atoms with E-state index in [0.717, 1.165) is 6.42 Å². The van der Waals surface area contributed by atoms with E-state index in [-0.39, 0.29) is 6.04 Å². The van der Waals surface area contributed by atoms with Crippen LogP contribution in [0, 0.1) is 0 Å². The Morgan fingerprint density at radius 3 is 2.75 bits per heavy atom. The van der Waals surface area contributed by atoms with Gasteiger partial charge in [0.2, 0.25) is 12.3 Å². The van der Waals surface area contributed by atoms with E-state index in [2.05, 4.69) is 0 Å². The van der Waals surface area contributed by atoms with Gasteiger partial charge in [0, 0.05) is 19.1 Å². The Balaban J connectivity index is 2.33. The smallest absolute Gasteiger partial charge is 0.247 e. The van der Waals surface area contributed by atoms with E-state index < -0.39 is 18.8 Å². The van der Waals surface area contributed by atoms with Crippen molar-refractivity contribution >= 4 is 5.91 Å². The molecule has 1 aliphatic heterocycles. The molecule has 0 aliphatic carbocycles. The van der Waals surface area contributed by atoms with Crippen LogP contribution in [-0.4, -0.2) is 36.4 Å². The van der Waals surface area contributed by atoms with Gasteiger partial charge in [0.05, 0.1) is 6.42 Å². The van der Waals surface area contributed by atoms with Gasteiger partial charge in [-0.2, -0.15) is 0 Å². The van der Waals surface area contributed by atoms with E-state index in [1.54, 1.807) is 0 Å². The molecule has 12 heavy (non-hydrogen) atoms. The molecule has 1 fully saturated rings. The Bertz CT molecular complexity index is 175. The van der Waals surface area contributed by atoms with Crippen LogP contribution in [0.2, 0.25) is 0 Å². The van der Waals surface area contributed by atoms with Gasteiger partial charge in [-0.15, -0.1) is 0 Å². The highest BCUT2D eigenvalue weighted by atomic mass is 19.3. The third kappa shape index (κ3) is 2.41. The minimum atomic E-state index is -2.55. The lowest BCUT2D eigenvalue weighted by Crippen LogP contribution is -2.32. The SMILES string of the molecule is NC1CCN(C(=O)CC(F)F)C1. The molecule has 3 nitrogen and oxygen atoms in total. The first-order chi connectivity index (χ1) is 5.59. The molecule has 70 valence electrons. The molecule has 1 saturated heterocycles. The van der Waals surface area contributed by atoms with Crippen molar-refractivity contribution in [1.82, 2.24) is 4.90 Å². The van der Waals surface area contributed by atoms with Gasteiger partial charge in [0.25, 0.3) is 0 Å².